The number of amides is 2. The summed E-state index contributed by atoms with van der Waals surface area (Å²) in [5, 5.41) is 17.1. The van der Waals surface area contributed by atoms with Gasteiger partial charge in [-0.05, 0) is 6.07 Å². The summed E-state index contributed by atoms with van der Waals surface area (Å²) < 4.78 is 6.01. The number of rotatable bonds is 2. The van der Waals surface area contributed by atoms with E-state index in [2.05, 4.69) is 10.6 Å². The van der Waals surface area contributed by atoms with Crippen molar-refractivity contribution in [1.29, 1.82) is 0 Å². The summed E-state index contributed by atoms with van der Waals surface area (Å²) in [4.78, 5) is 23.5. The van der Waals surface area contributed by atoms with Crippen molar-refractivity contribution in [3.8, 4) is 5.75 Å². The SMILES string of the molecule is O=C1NC2c3ccccc3OC(c3ccccc3)(N1)C2[N+](=O)[O-]. The van der Waals surface area contributed by atoms with Gasteiger partial charge in [-0.3, -0.25) is 15.4 Å². The molecular weight excluding hydrogens is 298 g/mol. The molecule has 23 heavy (non-hydrogen) atoms. The first kappa shape index (κ1) is 13.6. The summed E-state index contributed by atoms with van der Waals surface area (Å²) in [7, 11) is 0. The highest BCUT2D eigenvalue weighted by Gasteiger charge is 2.63. The van der Waals surface area contributed by atoms with Crippen LogP contribution in [0.25, 0.3) is 0 Å². The zero-order valence-corrected chi connectivity index (χ0v) is 11.9. The summed E-state index contributed by atoms with van der Waals surface area (Å²) in [5.74, 6) is 0.520. The van der Waals surface area contributed by atoms with Gasteiger partial charge in [-0.2, -0.15) is 0 Å². The van der Waals surface area contributed by atoms with E-state index in [4.69, 9.17) is 4.74 Å². The number of hydrogen-bond acceptors (Lipinski definition) is 4. The Morgan fingerprint density at radius 3 is 2.52 bits per heavy atom. The van der Waals surface area contributed by atoms with Crippen LogP contribution in [0.1, 0.15) is 17.2 Å². The van der Waals surface area contributed by atoms with Gasteiger partial charge in [0.25, 0.3) is 11.8 Å². The lowest BCUT2D eigenvalue weighted by Crippen LogP contribution is -2.72. The molecule has 1 saturated heterocycles. The molecule has 2 aromatic carbocycles. The largest absolute Gasteiger partial charge is 0.456 e. The Hall–Kier alpha value is -3.09. The van der Waals surface area contributed by atoms with Gasteiger partial charge >= 0.3 is 6.03 Å². The number of nitrogens with zero attached hydrogens (tertiary/aromatic N) is 1. The molecule has 7 nitrogen and oxygen atoms in total. The van der Waals surface area contributed by atoms with Gasteiger partial charge < -0.3 is 10.1 Å². The van der Waals surface area contributed by atoms with Gasteiger partial charge in [0.2, 0.25) is 0 Å². The number of hydrogen-bond donors (Lipinski definition) is 2. The Morgan fingerprint density at radius 2 is 1.78 bits per heavy atom. The van der Waals surface area contributed by atoms with Crippen LogP contribution in [0.4, 0.5) is 4.79 Å². The van der Waals surface area contributed by atoms with E-state index < -0.39 is 28.8 Å². The second-order valence-electron chi connectivity index (χ2n) is 5.55. The fourth-order valence-electron chi connectivity index (χ4n) is 3.33. The highest BCUT2D eigenvalue weighted by Crippen LogP contribution is 2.46. The molecule has 0 saturated carbocycles. The lowest BCUT2D eigenvalue weighted by molar-refractivity contribution is -0.557. The third kappa shape index (κ3) is 1.86. The number of carbonyl (C=O) groups excluding carboxylic acids is 1. The maximum Gasteiger partial charge on any atom is 0.319 e. The number of benzene rings is 2. The number of ether oxygens (including phenoxy) is 1. The molecule has 2 heterocycles. The highest BCUT2D eigenvalue weighted by molar-refractivity contribution is 5.78. The molecule has 0 radical (unpaired) electrons. The molecule has 2 aliphatic rings. The van der Waals surface area contributed by atoms with Crippen LogP contribution in [0.3, 0.4) is 0 Å². The summed E-state index contributed by atoms with van der Waals surface area (Å²) in [6, 6.07) is 13.4. The molecule has 0 spiro atoms. The minimum absolute atomic E-state index is 0.403. The van der Waals surface area contributed by atoms with Gasteiger partial charge in [0.05, 0.1) is 0 Å². The minimum Gasteiger partial charge on any atom is -0.456 e. The molecule has 4 rings (SSSR count). The Bertz CT molecular complexity index is 795. The van der Waals surface area contributed by atoms with Crippen molar-refractivity contribution in [2.45, 2.75) is 17.8 Å². The normalized spacial score (nSPS) is 27.9. The number of nitrogens with one attached hydrogen (secondary N) is 2. The molecule has 2 N–H and O–H groups in total. The average Bonchev–Trinajstić information content (AvgIpc) is 2.54. The lowest BCUT2D eigenvalue weighted by Gasteiger charge is -2.47. The number of urea groups is 1. The zero-order chi connectivity index (χ0) is 16.0. The maximum absolute atomic E-state index is 12.1. The molecule has 0 aromatic heterocycles. The van der Waals surface area contributed by atoms with Crippen LogP contribution in [0.5, 0.6) is 5.75 Å². The first-order valence-electron chi connectivity index (χ1n) is 7.17. The molecule has 2 aliphatic heterocycles. The molecule has 0 aliphatic carbocycles. The van der Waals surface area contributed by atoms with E-state index in [9.17, 15) is 14.9 Å². The molecule has 1 fully saturated rings. The quantitative estimate of drug-likeness (QED) is 0.654. The van der Waals surface area contributed by atoms with Gasteiger partial charge in [0.15, 0.2) is 0 Å². The van der Waals surface area contributed by atoms with E-state index in [0.29, 0.717) is 16.9 Å². The van der Waals surface area contributed by atoms with Gasteiger partial charge in [-0.15, -0.1) is 0 Å². The van der Waals surface area contributed by atoms with Crippen molar-refractivity contribution in [2.75, 3.05) is 0 Å². The second kappa shape index (κ2) is 4.70. The van der Waals surface area contributed by atoms with Gasteiger partial charge in [0, 0.05) is 16.1 Å². The van der Waals surface area contributed by atoms with Crippen LogP contribution >= 0.6 is 0 Å². The first-order chi connectivity index (χ1) is 11.1. The number of carbonyl (C=O) groups is 1. The Kier molecular flexibility index (Phi) is 2.77. The van der Waals surface area contributed by atoms with E-state index in [1.807, 2.05) is 0 Å². The Morgan fingerprint density at radius 1 is 1.09 bits per heavy atom. The molecule has 2 aromatic rings. The second-order valence-corrected chi connectivity index (χ2v) is 5.55. The van der Waals surface area contributed by atoms with E-state index in [-0.39, 0.29) is 0 Å². The van der Waals surface area contributed by atoms with E-state index in [1.54, 1.807) is 54.6 Å². The summed E-state index contributed by atoms with van der Waals surface area (Å²) in [5.41, 5.74) is -0.391. The molecule has 3 atom stereocenters. The first-order valence-corrected chi connectivity index (χ1v) is 7.17. The van der Waals surface area contributed by atoms with Gasteiger partial charge in [0.1, 0.15) is 11.8 Å². The lowest BCUT2D eigenvalue weighted by atomic mass is 9.82. The third-order valence-electron chi connectivity index (χ3n) is 4.27. The Balaban J connectivity index is 1.98. The van der Waals surface area contributed by atoms with E-state index in [0.717, 1.165) is 0 Å². The summed E-state index contributed by atoms with van der Waals surface area (Å²) >= 11 is 0. The molecule has 2 bridgehead atoms. The fourth-order valence-corrected chi connectivity index (χ4v) is 3.33. The van der Waals surface area contributed by atoms with Crippen molar-refractivity contribution in [3.63, 3.8) is 0 Å². The van der Waals surface area contributed by atoms with Crippen LogP contribution in [-0.4, -0.2) is 17.0 Å². The molecule has 3 unspecified atom stereocenters. The topological polar surface area (TPSA) is 93.5 Å². The van der Waals surface area contributed by atoms with Crippen LogP contribution in [0.2, 0.25) is 0 Å². The van der Waals surface area contributed by atoms with Crippen molar-refractivity contribution >= 4 is 6.03 Å². The minimum atomic E-state index is -1.54. The smallest absolute Gasteiger partial charge is 0.319 e. The summed E-state index contributed by atoms with van der Waals surface area (Å²) in [6.45, 7) is 0. The van der Waals surface area contributed by atoms with Crippen molar-refractivity contribution < 1.29 is 14.5 Å². The molecule has 7 heteroatoms. The maximum atomic E-state index is 12.1. The standard InChI is InChI=1S/C16H13N3O4/c20-15-17-13-11-8-4-5-9-12(11)23-16(18-15,14(13)19(21)22)10-6-2-1-3-7-10/h1-9,13-14H,(H2,17,18,20). The number of nitro groups is 1. The third-order valence-corrected chi connectivity index (χ3v) is 4.27. The number of para-hydroxylation sites is 1. The van der Waals surface area contributed by atoms with Crippen LogP contribution in [0, 0.1) is 10.1 Å². The monoisotopic (exact) mass is 311 g/mol. The predicted octanol–water partition coefficient (Wildman–Crippen LogP) is 1.93. The van der Waals surface area contributed by atoms with Crippen LogP contribution in [-0.2, 0) is 5.72 Å². The molecule has 2 amide bonds. The van der Waals surface area contributed by atoms with Gasteiger partial charge in [-0.1, -0.05) is 48.5 Å². The van der Waals surface area contributed by atoms with Crippen molar-refractivity contribution in [1.82, 2.24) is 10.6 Å². The van der Waals surface area contributed by atoms with Crippen LogP contribution < -0.4 is 15.4 Å². The average molecular weight is 311 g/mol. The fraction of sp³-hybridized carbons (Fsp3) is 0.188. The zero-order valence-electron chi connectivity index (χ0n) is 11.9. The highest BCUT2D eigenvalue weighted by atomic mass is 16.6. The van der Waals surface area contributed by atoms with Crippen molar-refractivity contribution in [2.24, 2.45) is 0 Å². The summed E-state index contributed by atoms with van der Waals surface area (Å²) in [6.07, 6.45) is 0. The number of fused-ring (bicyclic) bond motifs is 4. The van der Waals surface area contributed by atoms with Gasteiger partial charge in [-0.25, -0.2) is 4.79 Å². The molecule has 116 valence electrons. The predicted molar refractivity (Wildman–Crippen MR) is 80.4 cm³/mol. The Labute approximate surface area is 131 Å². The molecular formula is C16H13N3O4. The van der Waals surface area contributed by atoms with E-state index in [1.165, 1.54) is 0 Å². The van der Waals surface area contributed by atoms with E-state index >= 15 is 0 Å². The van der Waals surface area contributed by atoms with Crippen LogP contribution in [0.15, 0.2) is 54.6 Å². The van der Waals surface area contributed by atoms with Crippen molar-refractivity contribution in [3.05, 3.63) is 75.8 Å².